The molecule has 0 bridgehead atoms. The minimum Gasteiger partial charge on any atom is -0.399 e. The molecule has 0 fully saturated rings. The average molecular weight is 781 g/mol. The first kappa shape index (κ1) is 42.8. The Morgan fingerprint density at radius 3 is 1.72 bits per heavy atom. The second-order valence-electron chi connectivity index (χ2n) is 13.5. The lowest BCUT2D eigenvalue weighted by Gasteiger charge is -2.41. The molecule has 1 nitrogen and oxygen atoms in total. The molecule has 0 radical (unpaired) electrons. The Labute approximate surface area is 268 Å². The van der Waals surface area contributed by atoms with E-state index in [1.165, 1.54) is 0 Å². The van der Waals surface area contributed by atoms with Gasteiger partial charge < -0.3 is 4.43 Å². The molecule has 0 aromatic heterocycles. The summed E-state index contributed by atoms with van der Waals surface area (Å²) in [5, 5.41) is -0.0488. The summed E-state index contributed by atoms with van der Waals surface area (Å²) < 4.78 is 129. The number of hydrogen-bond donors (Lipinski definition) is 0. The number of hydrogen-bond acceptors (Lipinski definition) is 1. The average Bonchev–Trinajstić information content (AvgIpc) is 2.83. The van der Waals surface area contributed by atoms with Crippen LogP contribution < -0.4 is 0 Å². The number of allylic oxidation sites excluding steroid dienone is 1. The molecule has 254 valence electrons. The molecule has 0 saturated heterocycles. The van der Waals surface area contributed by atoms with Gasteiger partial charge in [-0.2, -0.15) is 39.5 Å². The van der Waals surface area contributed by atoms with Crippen LogP contribution in [0.5, 0.6) is 0 Å². The number of rotatable bonds is 17. The fourth-order valence-electron chi connectivity index (χ4n) is 4.45. The Balaban J connectivity index is 6.25. The third-order valence-electron chi connectivity index (χ3n) is 8.54. The predicted molar refractivity (Wildman–Crippen MR) is 172 cm³/mol. The highest BCUT2D eigenvalue weighted by atomic mass is 127. The van der Waals surface area contributed by atoms with E-state index in [-0.39, 0.29) is 22.2 Å². The highest BCUT2D eigenvalue weighted by molar-refractivity contribution is 14.1. The van der Waals surface area contributed by atoms with Crippen LogP contribution in [0.3, 0.4) is 0 Å². The zero-order chi connectivity index (χ0) is 34.1. The van der Waals surface area contributed by atoms with Gasteiger partial charge in [0.15, 0.2) is 8.32 Å². The quantitative estimate of drug-likeness (QED) is 0.0272. The van der Waals surface area contributed by atoms with Crippen LogP contribution in [0.4, 0.5) is 39.5 Å². The topological polar surface area (TPSA) is 9.23 Å². The summed E-state index contributed by atoms with van der Waals surface area (Å²) in [6.07, 6.45) is -1.16. The molecule has 0 N–H and O–H groups in total. The minimum atomic E-state index is -6.88. The van der Waals surface area contributed by atoms with Crippen molar-refractivity contribution in [3.63, 3.8) is 0 Å². The standard InChI is InChI=1S/C30H50F9IOSi2/c1-23(2)43(24(3)4,21-16-19-27(31,32)28(33,34)29(35,36)30(37,38)39)41-25(17-14-12-10-11-13-15-20-40)18-22-42(8,9)26(5,6)7/h14,17,23-25H,10-13,15-16,19-21H2,1-9H3/b17-14+/t25-/m1/s1. The lowest BCUT2D eigenvalue weighted by molar-refractivity contribution is -0.396. The van der Waals surface area contributed by atoms with E-state index in [9.17, 15) is 39.5 Å². The highest BCUT2D eigenvalue weighted by Gasteiger charge is 2.81. The minimum absolute atomic E-state index is 0.0488. The smallest absolute Gasteiger partial charge is 0.399 e. The molecule has 0 rings (SSSR count). The largest absolute Gasteiger partial charge is 0.460 e. The normalized spacial score (nSPS) is 15.4. The molecule has 0 aliphatic heterocycles. The zero-order valence-corrected chi connectivity index (χ0v) is 31.1. The van der Waals surface area contributed by atoms with Gasteiger partial charge in [0.25, 0.3) is 0 Å². The van der Waals surface area contributed by atoms with Gasteiger partial charge in [0, 0.05) is 6.42 Å². The molecule has 0 aromatic carbocycles. The van der Waals surface area contributed by atoms with E-state index in [4.69, 9.17) is 4.43 Å². The van der Waals surface area contributed by atoms with Crippen molar-refractivity contribution in [2.45, 2.75) is 159 Å². The Hall–Kier alpha value is -0.206. The first-order chi connectivity index (χ1) is 19.2. The lowest BCUT2D eigenvalue weighted by Crippen LogP contribution is -2.60. The van der Waals surface area contributed by atoms with Crippen LogP contribution in [-0.4, -0.2) is 50.9 Å². The first-order valence-electron chi connectivity index (χ1n) is 14.9. The van der Waals surface area contributed by atoms with Crippen LogP contribution in [0.1, 0.15) is 93.4 Å². The van der Waals surface area contributed by atoms with E-state index in [1.54, 1.807) is 0 Å². The monoisotopic (exact) mass is 780 g/mol. The van der Waals surface area contributed by atoms with Crippen LogP contribution in [-0.2, 0) is 4.43 Å². The van der Waals surface area contributed by atoms with Gasteiger partial charge in [-0.3, -0.25) is 0 Å². The maximum Gasteiger partial charge on any atom is 0.460 e. The summed E-state index contributed by atoms with van der Waals surface area (Å²) in [5.74, 6) is -15.8. The van der Waals surface area contributed by atoms with Crippen LogP contribution in [0.15, 0.2) is 12.2 Å². The molecule has 0 saturated carbocycles. The van der Waals surface area contributed by atoms with E-state index in [2.05, 4.69) is 67.9 Å². The second kappa shape index (κ2) is 16.6. The predicted octanol–water partition coefficient (Wildman–Crippen LogP) is 12.4. The SMILES string of the molecule is CC(C)[Si](CCCC(F)(F)C(F)(F)C(F)(F)C(F)(F)F)(O[C@@H](C#C[Si](C)(C)C(C)(C)C)/C=C/CCCCCCI)C(C)C. The molecular formula is C30H50F9IOSi2. The second-order valence-corrected chi connectivity index (χ2v) is 24.5. The molecule has 0 aromatic rings. The number of alkyl halides is 10. The lowest BCUT2D eigenvalue weighted by atomic mass is 10.00. The van der Waals surface area contributed by atoms with Gasteiger partial charge >= 0.3 is 23.9 Å². The van der Waals surface area contributed by atoms with E-state index >= 15 is 0 Å². The molecule has 1 atom stereocenters. The number of halogens is 10. The third kappa shape index (κ3) is 11.5. The van der Waals surface area contributed by atoms with Crippen molar-refractivity contribution < 1.29 is 43.9 Å². The molecule has 0 spiro atoms. The van der Waals surface area contributed by atoms with Crippen LogP contribution in [0, 0.1) is 11.5 Å². The van der Waals surface area contributed by atoms with Gasteiger partial charge in [-0.15, -0.1) is 5.54 Å². The van der Waals surface area contributed by atoms with Crippen LogP contribution >= 0.6 is 22.6 Å². The molecule has 43 heavy (non-hydrogen) atoms. The molecule has 0 aliphatic carbocycles. The number of unbranched alkanes of at least 4 members (excludes halogenated alkanes) is 4. The molecule has 0 unspecified atom stereocenters. The fraction of sp³-hybridized carbons (Fsp3) is 0.867. The molecule has 0 aliphatic rings. The summed E-state index contributed by atoms with van der Waals surface area (Å²) in [4.78, 5) is 0. The molecule has 0 heterocycles. The van der Waals surface area contributed by atoms with Gasteiger partial charge in [-0.05, 0) is 58.4 Å². The maximum absolute atomic E-state index is 14.4. The highest BCUT2D eigenvalue weighted by Crippen LogP contribution is 2.54. The van der Waals surface area contributed by atoms with Crippen molar-refractivity contribution >= 4 is 39.0 Å². The molecule has 13 heteroatoms. The van der Waals surface area contributed by atoms with E-state index in [0.717, 1.165) is 36.5 Å². The summed E-state index contributed by atoms with van der Waals surface area (Å²) in [7, 11) is -5.19. The zero-order valence-electron chi connectivity index (χ0n) is 26.9. The van der Waals surface area contributed by atoms with Crippen molar-refractivity contribution in [3.05, 3.63) is 12.2 Å². The summed E-state index contributed by atoms with van der Waals surface area (Å²) in [6, 6.07) is -0.131. The van der Waals surface area contributed by atoms with Gasteiger partial charge in [-0.25, -0.2) is 0 Å². The van der Waals surface area contributed by atoms with Gasteiger partial charge in [0.05, 0.1) is 0 Å². The van der Waals surface area contributed by atoms with Gasteiger partial charge in [-0.1, -0.05) is 109 Å². The van der Waals surface area contributed by atoms with Gasteiger partial charge in [0.1, 0.15) is 14.2 Å². The van der Waals surface area contributed by atoms with Crippen molar-refractivity contribution in [3.8, 4) is 11.5 Å². The maximum atomic E-state index is 14.4. The Bertz CT molecular complexity index is 923. The van der Waals surface area contributed by atoms with Crippen molar-refractivity contribution in [2.75, 3.05) is 4.43 Å². The van der Waals surface area contributed by atoms with Crippen LogP contribution in [0.25, 0.3) is 0 Å². The summed E-state index contributed by atoms with van der Waals surface area (Å²) in [5.41, 5.74) is 3.00. The van der Waals surface area contributed by atoms with E-state index in [0.29, 0.717) is 0 Å². The fourth-order valence-corrected chi connectivity index (χ4v) is 10.4. The van der Waals surface area contributed by atoms with E-state index in [1.807, 2.05) is 39.8 Å². The Morgan fingerprint density at radius 2 is 1.28 bits per heavy atom. The molecule has 0 amide bonds. The Morgan fingerprint density at radius 1 is 0.767 bits per heavy atom. The van der Waals surface area contributed by atoms with Crippen molar-refractivity contribution in [2.24, 2.45) is 0 Å². The van der Waals surface area contributed by atoms with Crippen molar-refractivity contribution in [1.29, 1.82) is 0 Å². The summed E-state index contributed by atoms with van der Waals surface area (Å²) in [6.45, 7) is 17.9. The Kier molecular flexibility index (Phi) is 16.5. The first-order valence-corrected chi connectivity index (χ1v) is 21.7. The third-order valence-corrected chi connectivity index (χ3v) is 19.6. The van der Waals surface area contributed by atoms with E-state index < -0.39 is 59.3 Å². The van der Waals surface area contributed by atoms with Crippen LogP contribution in [0.2, 0.25) is 35.3 Å². The summed E-state index contributed by atoms with van der Waals surface area (Å²) >= 11 is 2.34. The van der Waals surface area contributed by atoms with Gasteiger partial charge in [0.2, 0.25) is 0 Å². The van der Waals surface area contributed by atoms with Crippen molar-refractivity contribution in [1.82, 2.24) is 0 Å². The molecular weight excluding hydrogens is 730 g/mol.